The summed E-state index contributed by atoms with van der Waals surface area (Å²) in [6, 6.07) is 0. The van der Waals surface area contributed by atoms with Crippen molar-refractivity contribution in [3.05, 3.63) is 0 Å². The highest BCUT2D eigenvalue weighted by atomic mass is 32.2. The second-order valence-electron chi connectivity index (χ2n) is 3.55. The lowest BCUT2D eigenvalue weighted by Gasteiger charge is -2.32. The molecule has 0 spiro atoms. The third kappa shape index (κ3) is 1.97. The van der Waals surface area contributed by atoms with Crippen LogP contribution >= 0.6 is 0 Å². The van der Waals surface area contributed by atoms with Gasteiger partial charge in [0.05, 0.1) is 18.5 Å². The third-order valence-electron chi connectivity index (χ3n) is 2.26. The first-order chi connectivity index (χ1) is 5.43. The molecule has 0 aromatic carbocycles. The van der Waals surface area contributed by atoms with E-state index in [1.807, 2.05) is 13.8 Å². The summed E-state index contributed by atoms with van der Waals surface area (Å²) in [7, 11) is -3.40. The highest BCUT2D eigenvalue weighted by Gasteiger charge is 2.36. The molecule has 1 aliphatic heterocycles. The van der Waals surface area contributed by atoms with Crippen LogP contribution in [0.2, 0.25) is 0 Å². The van der Waals surface area contributed by atoms with E-state index in [9.17, 15) is 8.42 Å². The van der Waals surface area contributed by atoms with Gasteiger partial charge in [-0.1, -0.05) is 13.8 Å². The van der Waals surface area contributed by atoms with Crippen LogP contribution in [0.15, 0.2) is 0 Å². The number of ether oxygens (including phenoxy) is 1. The van der Waals surface area contributed by atoms with Crippen molar-refractivity contribution in [3.8, 4) is 0 Å². The minimum Gasteiger partial charge on any atom is -0.381 e. The van der Waals surface area contributed by atoms with Crippen molar-refractivity contribution in [1.82, 2.24) is 0 Å². The van der Waals surface area contributed by atoms with E-state index >= 15 is 0 Å². The van der Waals surface area contributed by atoms with Crippen LogP contribution in [-0.4, -0.2) is 26.9 Å². The van der Waals surface area contributed by atoms with Gasteiger partial charge in [0.25, 0.3) is 0 Å². The van der Waals surface area contributed by atoms with Crippen LogP contribution in [0, 0.1) is 11.8 Å². The first kappa shape index (κ1) is 9.95. The topological polar surface area (TPSA) is 69.4 Å². The lowest BCUT2D eigenvalue weighted by Crippen LogP contribution is -2.45. The molecule has 0 saturated carbocycles. The highest BCUT2D eigenvalue weighted by Crippen LogP contribution is 2.24. The number of rotatable bonds is 1. The van der Waals surface area contributed by atoms with Crippen LogP contribution in [0.5, 0.6) is 0 Å². The van der Waals surface area contributed by atoms with Gasteiger partial charge < -0.3 is 4.74 Å². The quantitative estimate of drug-likeness (QED) is 0.634. The first-order valence-corrected chi connectivity index (χ1v) is 5.63. The molecule has 2 N–H and O–H groups in total. The fraction of sp³-hybridized carbons (Fsp3) is 1.00. The molecule has 1 heterocycles. The molecular formula is C7H15NO3S. The molecule has 72 valence electrons. The molecule has 2 unspecified atom stereocenters. The largest absolute Gasteiger partial charge is 0.381 e. The fourth-order valence-corrected chi connectivity index (χ4v) is 3.29. The molecule has 1 rings (SSSR count). The van der Waals surface area contributed by atoms with Gasteiger partial charge in [0, 0.05) is 0 Å². The van der Waals surface area contributed by atoms with E-state index in [4.69, 9.17) is 9.88 Å². The molecule has 1 fully saturated rings. The van der Waals surface area contributed by atoms with Crippen molar-refractivity contribution in [2.24, 2.45) is 17.0 Å². The van der Waals surface area contributed by atoms with Gasteiger partial charge in [-0.15, -0.1) is 0 Å². The molecule has 5 heteroatoms. The smallest absolute Gasteiger partial charge is 0.212 e. The summed E-state index contributed by atoms with van der Waals surface area (Å²) in [4.78, 5) is 0. The Morgan fingerprint density at radius 1 is 1.25 bits per heavy atom. The highest BCUT2D eigenvalue weighted by molar-refractivity contribution is 7.89. The number of hydrogen-bond acceptors (Lipinski definition) is 3. The van der Waals surface area contributed by atoms with Crippen LogP contribution in [0.3, 0.4) is 0 Å². The average molecular weight is 193 g/mol. The summed E-state index contributed by atoms with van der Waals surface area (Å²) in [6.45, 7) is 4.69. The predicted octanol–water partition coefficient (Wildman–Crippen LogP) is -0.0541. The zero-order chi connectivity index (χ0) is 9.35. The summed E-state index contributed by atoms with van der Waals surface area (Å²) >= 11 is 0. The zero-order valence-corrected chi connectivity index (χ0v) is 8.17. The molecule has 1 saturated heterocycles. The lowest BCUT2D eigenvalue weighted by atomic mass is 9.95. The van der Waals surface area contributed by atoms with Gasteiger partial charge in [-0.05, 0) is 11.8 Å². The Balaban J connectivity index is 2.84. The van der Waals surface area contributed by atoms with Gasteiger partial charge in [0.1, 0.15) is 0 Å². The van der Waals surface area contributed by atoms with Crippen molar-refractivity contribution >= 4 is 10.0 Å². The molecule has 1 aliphatic rings. The molecule has 0 aromatic rings. The van der Waals surface area contributed by atoms with Gasteiger partial charge in [0.2, 0.25) is 10.0 Å². The molecule has 0 bridgehead atoms. The molecule has 0 amide bonds. The molecule has 12 heavy (non-hydrogen) atoms. The minimum absolute atomic E-state index is 0.00347. The Labute approximate surface area is 73.1 Å². The van der Waals surface area contributed by atoms with Crippen LogP contribution in [0.4, 0.5) is 0 Å². The average Bonchev–Trinajstić information content (AvgIpc) is 1.82. The van der Waals surface area contributed by atoms with Crippen molar-refractivity contribution in [2.45, 2.75) is 19.1 Å². The van der Waals surface area contributed by atoms with Crippen molar-refractivity contribution in [3.63, 3.8) is 0 Å². The SMILES string of the molecule is CC1COCC(C)C1S(N)(=O)=O. The van der Waals surface area contributed by atoms with Gasteiger partial charge in [0.15, 0.2) is 0 Å². The number of primary sulfonamides is 1. The van der Waals surface area contributed by atoms with Crippen LogP contribution in [0.25, 0.3) is 0 Å². The van der Waals surface area contributed by atoms with Crippen molar-refractivity contribution in [1.29, 1.82) is 0 Å². The first-order valence-electron chi connectivity index (χ1n) is 4.02. The fourth-order valence-electron chi connectivity index (χ4n) is 1.84. The maximum atomic E-state index is 11.1. The van der Waals surface area contributed by atoms with E-state index in [1.54, 1.807) is 0 Å². The molecule has 2 atom stereocenters. The van der Waals surface area contributed by atoms with Crippen LogP contribution in [0.1, 0.15) is 13.8 Å². The van der Waals surface area contributed by atoms with E-state index < -0.39 is 15.3 Å². The Hall–Kier alpha value is -0.130. The van der Waals surface area contributed by atoms with E-state index in [0.29, 0.717) is 13.2 Å². The number of hydrogen-bond donors (Lipinski definition) is 1. The second-order valence-corrected chi connectivity index (χ2v) is 5.27. The standard InChI is InChI=1S/C7H15NO3S/c1-5-3-11-4-6(2)7(5)12(8,9)10/h5-7H,3-4H2,1-2H3,(H2,8,9,10). The molecule has 0 radical (unpaired) electrons. The predicted molar refractivity (Wildman–Crippen MR) is 46.0 cm³/mol. The van der Waals surface area contributed by atoms with Crippen molar-refractivity contribution < 1.29 is 13.2 Å². The van der Waals surface area contributed by atoms with E-state index in [1.165, 1.54) is 0 Å². The van der Waals surface area contributed by atoms with E-state index in [0.717, 1.165) is 0 Å². The van der Waals surface area contributed by atoms with Gasteiger partial charge in [-0.25, -0.2) is 13.6 Å². The van der Waals surface area contributed by atoms with Gasteiger partial charge in [-0.3, -0.25) is 0 Å². The lowest BCUT2D eigenvalue weighted by molar-refractivity contribution is 0.0302. The molecule has 0 aliphatic carbocycles. The Morgan fingerprint density at radius 2 is 1.67 bits per heavy atom. The summed E-state index contributed by atoms with van der Waals surface area (Å²) in [6.07, 6.45) is 0. The summed E-state index contributed by atoms with van der Waals surface area (Å²) < 4.78 is 27.5. The van der Waals surface area contributed by atoms with Crippen LogP contribution < -0.4 is 5.14 Å². The summed E-state index contributed by atoms with van der Waals surface area (Å²) in [5.74, 6) is 0.00694. The van der Waals surface area contributed by atoms with Crippen LogP contribution in [-0.2, 0) is 14.8 Å². The number of sulfonamides is 1. The molecule has 4 nitrogen and oxygen atoms in total. The van der Waals surface area contributed by atoms with E-state index in [2.05, 4.69) is 0 Å². The minimum atomic E-state index is -3.40. The second kappa shape index (κ2) is 3.32. The van der Waals surface area contributed by atoms with E-state index in [-0.39, 0.29) is 11.8 Å². The molecule has 0 aromatic heterocycles. The Kier molecular flexibility index (Phi) is 2.75. The zero-order valence-electron chi connectivity index (χ0n) is 7.36. The maximum absolute atomic E-state index is 11.1. The maximum Gasteiger partial charge on any atom is 0.212 e. The normalized spacial score (nSPS) is 38.1. The Bertz CT molecular complexity index is 239. The van der Waals surface area contributed by atoms with Crippen molar-refractivity contribution in [2.75, 3.05) is 13.2 Å². The van der Waals surface area contributed by atoms with Gasteiger partial charge >= 0.3 is 0 Å². The Morgan fingerprint density at radius 3 is 1.92 bits per heavy atom. The molecular weight excluding hydrogens is 178 g/mol. The summed E-state index contributed by atoms with van der Waals surface area (Å²) in [5, 5.41) is 4.67. The number of nitrogens with two attached hydrogens (primary N) is 1. The van der Waals surface area contributed by atoms with Gasteiger partial charge in [-0.2, -0.15) is 0 Å². The third-order valence-corrected chi connectivity index (χ3v) is 3.95. The summed E-state index contributed by atoms with van der Waals surface area (Å²) in [5.41, 5.74) is 0. The monoisotopic (exact) mass is 193 g/mol.